The van der Waals surface area contributed by atoms with Crippen molar-refractivity contribution in [3.8, 4) is 5.75 Å². The highest BCUT2D eigenvalue weighted by Crippen LogP contribution is 2.16. The number of nitrogen functional groups attached to an aromatic ring is 1. The second-order valence-corrected chi connectivity index (χ2v) is 5.14. The summed E-state index contributed by atoms with van der Waals surface area (Å²) in [6.45, 7) is 0.311. The zero-order chi connectivity index (χ0) is 14.4. The number of amides is 1. The normalized spacial score (nSPS) is 10.1. The molecule has 4 nitrogen and oxygen atoms in total. The molecule has 5 heteroatoms. The van der Waals surface area contributed by atoms with Crippen molar-refractivity contribution in [2.75, 3.05) is 17.7 Å². The first kappa shape index (κ1) is 14.4. The summed E-state index contributed by atoms with van der Waals surface area (Å²) >= 11 is 3.34. The van der Waals surface area contributed by atoms with Crippen molar-refractivity contribution in [3.63, 3.8) is 0 Å². The molecule has 2 rings (SSSR count). The number of ether oxygens (including phenoxy) is 1. The van der Waals surface area contributed by atoms with E-state index in [0.29, 0.717) is 18.0 Å². The minimum Gasteiger partial charge on any atom is -0.493 e. The van der Waals surface area contributed by atoms with E-state index in [9.17, 15) is 4.79 Å². The molecule has 0 unspecified atom stereocenters. The zero-order valence-electron chi connectivity index (χ0n) is 10.8. The van der Waals surface area contributed by atoms with E-state index in [1.54, 1.807) is 12.1 Å². The molecule has 0 saturated heterocycles. The highest BCUT2D eigenvalue weighted by molar-refractivity contribution is 9.10. The first-order chi connectivity index (χ1) is 9.63. The maximum atomic E-state index is 11.7. The molecule has 104 valence electrons. The van der Waals surface area contributed by atoms with E-state index in [-0.39, 0.29) is 12.3 Å². The summed E-state index contributed by atoms with van der Waals surface area (Å²) in [6.07, 6.45) is 0.283. The smallest absolute Gasteiger partial charge is 0.227 e. The number of halogens is 1. The van der Waals surface area contributed by atoms with Crippen LogP contribution in [0.15, 0.2) is 53.0 Å². The molecular formula is C15H15BrN2O2. The van der Waals surface area contributed by atoms with Crippen molar-refractivity contribution >= 4 is 33.2 Å². The molecule has 20 heavy (non-hydrogen) atoms. The Hall–Kier alpha value is -2.01. The summed E-state index contributed by atoms with van der Waals surface area (Å²) in [5.74, 6) is 0.581. The van der Waals surface area contributed by atoms with Gasteiger partial charge in [0.25, 0.3) is 0 Å². The van der Waals surface area contributed by atoms with Crippen LogP contribution in [-0.4, -0.2) is 12.5 Å². The Labute approximate surface area is 126 Å². The van der Waals surface area contributed by atoms with Crippen LogP contribution in [0, 0.1) is 0 Å². The first-order valence-electron chi connectivity index (χ1n) is 6.17. The maximum absolute atomic E-state index is 11.7. The SMILES string of the molecule is Nc1cccc(OCCC(=O)Nc2ccc(Br)cc2)c1. The molecule has 3 N–H and O–H groups in total. The van der Waals surface area contributed by atoms with Gasteiger partial charge in [-0.15, -0.1) is 0 Å². The largest absolute Gasteiger partial charge is 0.493 e. The van der Waals surface area contributed by atoms with Gasteiger partial charge in [-0.2, -0.15) is 0 Å². The quantitative estimate of drug-likeness (QED) is 0.823. The van der Waals surface area contributed by atoms with E-state index in [4.69, 9.17) is 10.5 Å². The fraction of sp³-hybridized carbons (Fsp3) is 0.133. The van der Waals surface area contributed by atoms with Crippen molar-refractivity contribution < 1.29 is 9.53 Å². The van der Waals surface area contributed by atoms with Crippen LogP contribution >= 0.6 is 15.9 Å². The summed E-state index contributed by atoms with van der Waals surface area (Å²) in [5.41, 5.74) is 7.05. The molecule has 0 aromatic heterocycles. The van der Waals surface area contributed by atoms with Crippen LogP contribution in [0.3, 0.4) is 0 Å². The molecule has 0 aliphatic rings. The van der Waals surface area contributed by atoms with Crippen LogP contribution in [0.25, 0.3) is 0 Å². The third-order valence-corrected chi connectivity index (χ3v) is 3.11. The van der Waals surface area contributed by atoms with Gasteiger partial charge < -0.3 is 15.8 Å². The molecule has 0 atom stereocenters. The monoisotopic (exact) mass is 334 g/mol. The number of hydrogen-bond donors (Lipinski definition) is 2. The summed E-state index contributed by atoms with van der Waals surface area (Å²) in [5, 5.41) is 2.80. The molecular weight excluding hydrogens is 320 g/mol. The van der Waals surface area contributed by atoms with Crippen molar-refractivity contribution in [2.24, 2.45) is 0 Å². The van der Waals surface area contributed by atoms with Crippen molar-refractivity contribution in [1.29, 1.82) is 0 Å². The Bertz CT molecular complexity index is 585. The van der Waals surface area contributed by atoms with E-state index >= 15 is 0 Å². The van der Waals surface area contributed by atoms with E-state index in [2.05, 4.69) is 21.2 Å². The van der Waals surface area contributed by atoms with Crippen LogP contribution in [0.4, 0.5) is 11.4 Å². The van der Waals surface area contributed by atoms with Crippen molar-refractivity contribution in [2.45, 2.75) is 6.42 Å². The second kappa shape index (κ2) is 6.96. The van der Waals surface area contributed by atoms with Crippen LogP contribution in [0.1, 0.15) is 6.42 Å². The summed E-state index contributed by atoms with van der Waals surface area (Å²) in [6, 6.07) is 14.6. The predicted octanol–water partition coefficient (Wildman–Crippen LogP) is 3.44. The van der Waals surface area contributed by atoms with Gasteiger partial charge in [0.2, 0.25) is 5.91 Å². The zero-order valence-corrected chi connectivity index (χ0v) is 12.4. The van der Waals surface area contributed by atoms with E-state index in [1.807, 2.05) is 36.4 Å². The number of anilines is 2. The van der Waals surface area contributed by atoms with E-state index in [0.717, 1.165) is 10.2 Å². The van der Waals surface area contributed by atoms with Crippen LogP contribution < -0.4 is 15.8 Å². The van der Waals surface area contributed by atoms with Gasteiger partial charge in [-0.25, -0.2) is 0 Å². The van der Waals surface area contributed by atoms with Gasteiger partial charge in [0, 0.05) is 21.9 Å². The fourth-order valence-corrected chi connectivity index (χ4v) is 1.89. The lowest BCUT2D eigenvalue weighted by atomic mass is 10.3. The lowest BCUT2D eigenvalue weighted by Gasteiger charge is -2.08. The van der Waals surface area contributed by atoms with Gasteiger partial charge in [0.1, 0.15) is 5.75 Å². The third kappa shape index (κ3) is 4.59. The summed E-state index contributed by atoms with van der Waals surface area (Å²) in [7, 11) is 0. The maximum Gasteiger partial charge on any atom is 0.227 e. The van der Waals surface area contributed by atoms with Gasteiger partial charge in [-0.1, -0.05) is 22.0 Å². The van der Waals surface area contributed by atoms with Gasteiger partial charge in [-0.05, 0) is 36.4 Å². The fourth-order valence-electron chi connectivity index (χ4n) is 1.62. The number of rotatable bonds is 5. The molecule has 0 spiro atoms. The molecule has 2 aromatic carbocycles. The van der Waals surface area contributed by atoms with E-state index in [1.165, 1.54) is 0 Å². The summed E-state index contributed by atoms with van der Waals surface area (Å²) < 4.78 is 6.44. The average molecular weight is 335 g/mol. The molecule has 0 bridgehead atoms. The highest BCUT2D eigenvalue weighted by atomic mass is 79.9. The van der Waals surface area contributed by atoms with Crippen LogP contribution in [0.5, 0.6) is 5.75 Å². The molecule has 0 aliphatic heterocycles. The predicted molar refractivity (Wildman–Crippen MR) is 83.7 cm³/mol. The number of carbonyl (C=O) groups is 1. The Morgan fingerprint density at radius 3 is 2.65 bits per heavy atom. The van der Waals surface area contributed by atoms with Crippen molar-refractivity contribution in [1.82, 2.24) is 0 Å². The van der Waals surface area contributed by atoms with Gasteiger partial charge in [0.15, 0.2) is 0 Å². The van der Waals surface area contributed by atoms with Crippen molar-refractivity contribution in [3.05, 3.63) is 53.0 Å². The minimum absolute atomic E-state index is 0.0868. The average Bonchev–Trinajstić information content (AvgIpc) is 2.41. The Morgan fingerprint density at radius 2 is 1.95 bits per heavy atom. The molecule has 0 saturated carbocycles. The second-order valence-electron chi connectivity index (χ2n) is 4.23. The number of carbonyl (C=O) groups excluding carboxylic acids is 1. The Balaban J connectivity index is 1.76. The van der Waals surface area contributed by atoms with Crippen LogP contribution in [0.2, 0.25) is 0 Å². The Morgan fingerprint density at radius 1 is 1.20 bits per heavy atom. The van der Waals surface area contributed by atoms with Gasteiger partial charge >= 0.3 is 0 Å². The standard InChI is InChI=1S/C15H15BrN2O2/c16-11-4-6-13(7-5-11)18-15(19)8-9-20-14-3-1-2-12(17)10-14/h1-7,10H,8-9,17H2,(H,18,19). The molecule has 0 radical (unpaired) electrons. The minimum atomic E-state index is -0.0868. The molecule has 2 aromatic rings. The third-order valence-electron chi connectivity index (χ3n) is 2.58. The number of benzene rings is 2. The molecule has 0 heterocycles. The number of nitrogens with two attached hydrogens (primary N) is 1. The lowest BCUT2D eigenvalue weighted by Crippen LogP contribution is -2.15. The molecule has 0 fully saturated rings. The van der Waals surface area contributed by atoms with E-state index < -0.39 is 0 Å². The molecule has 0 aliphatic carbocycles. The Kier molecular flexibility index (Phi) is 5.01. The van der Waals surface area contributed by atoms with Gasteiger partial charge in [-0.3, -0.25) is 4.79 Å². The number of hydrogen-bond acceptors (Lipinski definition) is 3. The number of nitrogens with one attached hydrogen (secondary N) is 1. The molecule has 1 amide bonds. The van der Waals surface area contributed by atoms with Crippen LogP contribution in [-0.2, 0) is 4.79 Å². The highest BCUT2D eigenvalue weighted by Gasteiger charge is 2.03. The first-order valence-corrected chi connectivity index (χ1v) is 6.96. The lowest BCUT2D eigenvalue weighted by molar-refractivity contribution is -0.116. The summed E-state index contributed by atoms with van der Waals surface area (Å²) in [4.78, 5) is 11.7. The topological polar surface area (TPSA) is 64.3 Å². The van der Waals surface area contributed by atoms with Gasteiger partial charge in [0.05, 0.1) is 13.0 Å².